The lowest BCUT2D eigenvalue weighted by Crippen LogP contribution is -2.31. The van der Waals surface area contributed by atoms with Gasteiger partial charge in [-0.15, -0.1) is 0 Å². The van der Waals surface area contributed by atoms with Crippen LogP contribution in [-0.4, -0.2) is 26.9 Å². The van der Waals surface area contributed by atoms with E-state index in [1.165, 1.54) is 12.1 Å². The molecule has 4 N–H and O–H groups in total. The van der Waals surface area contributed by atoms with Crippen LogP contribution in [0.2, 0.25) is 0 Å². The summed E-state index contributed by atoms with van der Waals surface area (Å²) < 4.78 is 22.1. The Labute approximate surface area is 113 Å². The minimum atomic E-state index is -3.66. The van der Waals surface area contributed by atoms with Gasteiger partial charge in [0, 0.05) is 24.7 Å². The molecule has 0 radical (unpaired) electrons. The first-order valence-electron chi connectivity index (χ1n) is 5.95. The molecule has 0 aliphatic heterocycles. The largest absolute Gasteiger partial charge is 0.385 e. The van der Waals surface area contributed by atoms with Gasteiger partial charge in [-0.05, 0) is 38.1 Å². The molecule has 0 saturated heterocycles. The van der Waals surface area contributed by atoms with Gasteiger partial charge in [0.05, 0.1) is 4.90 Å². The lowest BCUT2D eigenvalue weighted by atomic mass is 10.3. The highest BCUT2D eigenvalue weighted by molar-refractivity contribution is 7.89. The standard InChI is InChI=1S/C12H19N3O3S/c1-9(2)15-12(16)7-8-14-10-3-5-11(6-4-10)19(13,17)18/h3-6,9,14H,7-8H2,1-2H3,(H,15,16)(H2,13,17,18). The number of rotatable bonds is 6. The van der Waals surface area contributed by atoms with E-state index in [9.17, 15) is 13.2 Å². The lowest BCUT2D eigenvalue weighted by Gasteiger charge is -2.09. The molecule has 1 rings (SSSR count). The molecule has 6 nitrogen and oxygen atoms in total. The van der Waals surface area contributed by atoms with Gasteiger partial charge >= 0.3 is 0 Å². The highest BCUT2D eigenvalue weighted by atomic mass is 32.2. The third-order valence-corrected chi connectivity index (χ3v) is 3.24. The summed E-state index contributed by atoms with van der Waals surface area (Å²) in [5.41, 5.74) is 0.741. The van der Waals surface area contributed by atoms with Gasteiger partial charge in [-0.1, -0.05) is 0 Å². The van der Waals surface area contributed by atoms with Crippen LogP contribution < -0.4 is 15.8 Å². The summed E-state index contributed by atoms with van der Waals surface area (Å²) in [5, 5.41) is 10.8. The molecule has 19 heavy (non-hydrogen) atoms. The Balaban J connectivity index is 2.45. The van der Waals surface area contributed by atoms with E-state index in [4.69, 9.17) is 5.14 Å². The molecule has 0 fully saturated rings. The fraction of sp³-hybridized carbons (Fsp3) is 0.417. The van der Waals surface area contributed by atoms with Crippen molar-refractivity contribution in [1.82, 2.24) is 5.32 Å². The van der Waals surface area contributed by atoms with Gasteiger partial charge in [-0.25, -0.2) is 13.6 Å². The fourth-order valence-electron chi connectivity index (χ4n) is 1.48. The van der Waals surface area contributed by atoms with Crippen LogP contribution in [0, 0.1) is 0 Å². The molecule has 1 aromatic rings. The smallest absolute Gasteiger partial charge is 0.238 e. The van der Waals surface area contributed by atoms with Crippen LogP contribution in [0.15, 0.2) is 29.2 Å². The number of hydrogen-bond acceptors (Lipinski definition) is 4. The van der Waals surface area contributed by atoms with Crippen LogP contribution in [0.3, 0.4) is 0 Å². The van der Waals surface area contributed by atoms with E-state index in [-0.39, 0.29) is 16.8 Å². The summed E-state index contributed by atoms with van der Waals surface area (Å²) in [5.74, 6) is -0.0244. The summed E-state index contributed by atoms with van der Waals surface area (Å²) >= 11 is 0. The number of amides is 1. The maximum Gasteiger partial charge on any atom is 0.238 e. The minimum absolute atomic E-state index is 0.0244. The Morgan fingerprint density at radius 3 is 2.32 bits per heavy atom. The highest BCUT2D eigenvalue weighted by Gasteiger charge is 2.07. The van der Waals surface area contributed by atoms with E-state index in [0.717, 1.165) is 5.69 Å². The number of anilines is 1. The number of sulfonamides is 1. The zero-order valence-corrected chi connectivity index (χ0v) is 11.8. The van der Waals surface area contributed by atoms with Crippen molar-refractivity contribution in [3.63, 3.8) is 0 Å². The Kier molecular flexibility index (Phi) is 5.31. The second kappa shape index (κ2) is 6.53. The molecule has 0 atom stereocenters. The summed E-state index contributed by atoms with van der Waals surface area (Å²) in [6.07, 6.45) is 0.356. The number of nitrogens with one attached hydrogen (secondary N) is 2. The van der Waals surface area contributed by atoms with Crippen LogP contribution in [0.25, 0.3) is 0 Å². The van der Waals surface area contributed by atoms with Crippen molar-refractivity contribution in [3.05, 3.63) is 24.3 Å². The SMILES string of the molecule is CC(C)NC(=O)CCNc1ccc(S(N)(=O)=O)cc1. The first kappa shape index (κ1) is 15.5. The molecule has 0 saturated carbocycles. The molecule has 0 aromatic heterocycles. The second-order valence-corrected chi connectivity index (χ2v) is 6.03. The average Bonchev–Trinajstić information content (AvgIpc) is 2.27. The molecule has 0 spiro atoms. The summed E-state index contributed by atoms with van der Waals surface area (Å²) in [6.45, 7) is 4.28. The van der Waals surface area contributed by atoms with Gasteiger partial charge in [0.1, 0.15) is 0 Å². The number of hydrogen-bond donors (Lipinski definition) is 3. The van der Waals surface area contributed by atoms with Crippen molar-refractivity contribution >= 4 is 21.6 Å². The normalized spacial score (nSPS) is 11.4. The molecule has 7 heteroatoms. The molecule has 1 aromatic carbocycles. The van der Waals surface area contributed by atoms with Crippen molar-refractivity contribution in [2.45, 2.75) is 31.2 Å². The zero-order valence-electron chi connectivity index (χ0n) is 11.0. The van der Waals surface area contributed by atoms with Gasteiger partial charge in [0.2, 0.25) is 15.9 Å². The van der Waals surface area contributed by atoms with Gasteiger partial charge < -0.3 is 10.6 Å². The van der Waals surface area contributed by atoms with Crippen molar-refractivity contribution in [2.24, 2.45) is 5.14 Å². The first-order valence-corrected chi connectivity index (χ1v) is 7.50. The Morgan fingerprint density at radius 2 is 1.84 bits per heavy atom. The molecule has 0 bridgehead atoms. The van der Waals surface area contributed by atoms with Gasteiger partial charge in [-0.3, -0.25) is 4.79 Å². The number of carbonyl (C=O) groups is 1. The Morgan fingerprint density at radius 1 is 1.26 bits per heavy atom. The summed E-state index contributed by atoms with van der Waals surface area (Å²) in [4.78, 5) is 11.4. The topological polar surface area (TPSA) is 101 Å². The van der Waals surface area contributed by atoms with Crippen LogP contribution in [0.4, 0.5) is 5.69 Å². The zero-order chi connectivity index (χ0) is 14.5. The molecule has 0 unspecified atom stereocenters. The van der Waals surface area contributed by atoms with E-state index < -0.39 is 10.0 Å². The van der Waals surface area contributed by atoms with Crippen LogP contribution in [0.1, 0.15) is 20.3 Å². The number of carbonyl (C=O) groups excluding carboxylic acids is 1. The quantitative estimate of drug-likeness (QED) is 0.714. The van der Waals surface area contributed by atoms with Gasteiger partial charge in [0.25, 0.3) is 0 Å². The molecular weight excluding hydrogens is 266 g/mol. The Bertz CT molecular complexity index is 524. The van der Waals surface area contributed by atoms with E-state index >= 15 is 0 Å². The van der Waals surface area contributed by atoms with E-state index in [1.54, 1.807) is 12.1 Å². The summed E-state index contributed by atoms with van der Waals surface area (Å²) in [7, 11) is -3.66. The number of primary sulfonamides is 1. The number of benzene rings is 1. The predicted molar refractivity (Wildman–Crippen MR) is 74.2 cm³/mol. The monoisotopic (exact) mass is 285 g/mol. The maximum atomic E-state index is 11.4. The van der Waals surface area contributed by atoms with Gasteiger partial charge in [0.15, 0.2) is 0 Å². The van der Waals surface area contributed by atoms with Crippen molar-refractivity contribution in [1.29, 1.82) is 0 Å². The van der Waals surface area contributed by atoms with Crippen molar-refractivity contribution in [3.8, 4) is 0 Å². The molecule has 0 aliphatic carbocycles. The van der Waals surface area contributed by atoms with Crippen LogP contribution in [0.5, 0.6) is 0 Å². The number of nitrogens with two attached hydrogens (primary N) is 1. The molecule has 106 valence electrons. The van der Waals surface area contributed by atoms with Crippen LogP contribution >= 0.6 is 0 Å². The first-order chi connectivity index (χ1) is 8.79. The van der Waals surface area contributed by atoms with E-state index in [0.29, 0.717) is 13.0 Å². The van der Waals surface area contributed by atoms with Crippen molar-refractivity contribution < 1.29 is 13.2 Å². The lowest BCUT2D eigenvalue weighted by molar-refractivity contribution is -0.121. The molecule has 0 aliphatic rings. The maximum absolute atomic E-state index is 11.4. The van der Waals surface area contributed by atoms with Crippen molar-refractivity contribution in [2.75, 3.05) is 11.9 Å². The third-order valence-electron chi connectivity index (χ3n) is 2.31. The van der Waals surface area contributed by atoms with E-state index in [2.05, 4.69) is 10.6 Å². The molecule has 0 heterocycles. The average molecular weight is 285 g/mol. The third kappa shape index (κ3) is 5.71. The molecular formula is C12H19N3O3S. The summed E-state index contributed by atoms with van der Waals surface area (Å²) in [6, 6.07) is 6.19. The molecule has 1 amide bonds. The highest BCUT2D eigenvalue weighted by Crippen LogP contribution is 2.12. The van der Waals surface area contributed by atoms with Gasteiger partial charge in [-0.2, -0.15) is 0 Å². The minimum Gasteiger partial charge on any atom is -0.385 e. The fourth-order valence-corrected chi connectivity index (χ4v) is 1.99. The Hall–Kier alpha value is -1.60. The predicted octanol–water partition coefficient (Wildman–Crippen LogP) is 0.661. The van der Waals surface area contributed by atoms with Crippen LogP contribution in [-0.2, 0) is 14.8 Å². The second-order valence-electron chi connectivity index (χ2n) is 4.47. The van der Waals surface area contributed by atoms with E-state index in [1.807, 2.05) is 13.8 Å².